The minimum atomic E-state index is -3.91. The number of aryl methyl sites for hydroxylation is 2. The van der Waals surface area contributed by atoms with Crippen molar-refractivity contribution < 1.29 is 13.2 Å². The molecule has 0 unspecified atom stereocenters. The Morgan fingerprint density at radius 1 is 0.966 bits per heavy atom. The lowest BCUT2D eigenvalue weighted by Gasteiger charge is -2.27. The van der Waals surface area contributed by atoms with E-state index in [1.807, 2.05) is 26.0 Å². The number of rotatable bonds is 3. The van der Waals surface area contributed by atoms with Gasteiger partial charge >= 0.3 is 0 Å². The van der Waals surface area contributed by atoms with E-state index < -0.39 is 9.84 Å². The molecule has 0 bridgehead atoms. The van der Waals surface area contributed by atoms with E-state index in [9.17, 15) is 13.2 Å². The summed E-state index contributed by atoms with van der Waals surface area (Å²) >= 11 is 0. The maximum atomic E-state index is 13.8. The number of benzene rings is 2. The van der Waals surface area contributed by atoms with Crippen molar-refractivity contribution >= 4 is 26.6 Å². The van der Waals surface area contributed by atoms with Crippen LogP contribution >= 0.6 is 0 Å². The van der Waals surface area contributed by atoms with Crippen LogP contribution in [0.1, 0.15) is 40.7 Å². The van der Waals surface area contributed by atoms with Crippen LogP contribution in [0.5, 0.6) is 0 Å². The number of fused-ring (bicyclic) bond motifs is 1. The highest BCUT2D eigenvalue weighted by Gasteiger charge is 2.30. The topological polar surface area (TPSA) is 67.3 Å². The molecule has 1 aliphatic heterocycles. The largest absolute Gasteiger partial charge is 0.339 e. The number of para-hydroxylation sites is 1. The molecule has 2 aromatic carbocycles. The second-order valence-electron chi connectivity index (χ2n) is 7.70. The van der Waals surface area contributed by atoms with E-state index in [1.54, 1.807) is 35.2 Å². The van der Waals surface area contributed by atoms with Gasteiger partial charge in [-0.1, -0.05) is 24.3 Å². The van der Waals surface area contributed by atoms with Crippen molar-refractivity contribution in [1.29, 1.82) is 0 Å². The second kappa shape index (κ2) is 7.59. The molecule has 1 aliphatic rings. The van der Waals surface area contributed by atoms with Gasteiger partial charge in [-0.3, -0.25) is 9.78 Å². The lowest BCUT2D eigenvalue weighted by molar-refractivity contribution is 0.0720. The fourth-order valence-electron chi connectivity index (χ4n) is 4.03. The monoisotopic (exact) mass is 408 g/mol. The van der Waals surface area contributed by atoms with Crippen molar-refractivity contribution in [2.75, 3.05) is 13.1 Å². The highest BCUT2D eigenvalue weighted by molar-refractivity contribution is 7.91. The molecule has 1 fully saturated rings. The van der Waals surface area contributed by atoms with E-state index in [4.69, 9.17) is 0 Å². The molecule has 1 amide bonds. The van der Waals surface area contributed by atoms with E-state index in [-0.39, 0.29) is 21.3 Å². The molecule has 6 heteroatoms. The lowest BCUT2D eigenvalue weighted by Crippen LogP contribution is -2.36. The van der Waals surface area contributed by atoms with Gasteiger partial charge in [-0.15, -0.1) is 0 Å². The van der Waals surface area contributed by atoms with Crippen LogP contribution < -0.4 is 0 Å². The first-order valence-corrected chi connectivity index (χ1v) is 11.4. The van der Waals surface area contributed by atoms with Crippen molar-refractivity contribution in [3.8, 4) is 0 Å². The molecule has 0 spiro atoms. The van der Waals surface area contributed by atoms with Crippen LogP contribution in [0.25, 0.3) is 10.9 Å². The van der Waals surface area contributed by atoms with Crippen molar-refractivity contribution in [3.63, 3.8) is 0 Å². The number of carbonyl (C=O) groups excluding carboxylic acids is 1. The first-order valence-electron chi connectivity index (χ1n) is 9.88. The van der Waals surface area contributed by atoms with Gasteiger partial charge in [0.15, 0.2) is 0 Å². The molecule has 1 aromatic heterocycles. The summed E-state index contributed by atoms with van der Waals surface area (Å²) in [6.45, 7) is 5.04. The smallest absolute Gasteiger partial charge is 0.256 e. The average Bonchev–Trinajstić information content (AvgIpc) is 2.72. The van der Waals surface area contributed by atoms with Crippen molar-refractivity contribution in [1.82, 2.24) is 9.88 Å². The SMILES string of the molecule is Cc1cc(C)cc(S(=O)(=O)c2c(C(=O)N3CCCCC3)cnc3ccccc23)c1. The fraction of sp³-hybridized carbons (Fsp3) is 0.304. The molecule has 0 aliphatic carbocycles. The molecule has 5 nitrogen and oxygen atoms in total. The molecule has 1 saturated heterocycles. The number of hydrogen-bond acceptors (Lipinski definition) is 4. The molecule has 3 aromatic rings. The van der Waals surface area contributed by atoms with Crippen molar-refractivity contribution in [2.24, 2.45) is 0 Å². The van der Waals surface area contributed by atoms with E-state index in [0.717, 1.165) is 30.4 Å². The summed E-state index contributed by atoms with van der Waals surface area (Å²) in [7, 11) is -3.91. The van der Waals surface area contributed by atoms with Crippen LogP contribution in [0.2, 0.25) is 0 Å². The predicted octanol–water partition coefficient (Wildman–Crippen LogP) is 4.31. The van der Waals surface area contributed by atoms with Crippen LogP contribution in [-0.4, -0.2) is 37.3 Å². The second-order valence-corrected chi connectivity index (χ2v) is 9.58. The molecule has 0 N–H and O–H groups in total. The first-order chi connectivity index (χ1) is 13.9. The Morgan fingerprint density at radius 2 is 1.62 bits per heavy atom. The lowest BCUT2D eigenvalue weighted by atomic mass is 10.1. The number of pyridine rings is 1. The Kier molecular flexibility index (Phi) is 5.13. The Morgan fingerprint density at radius 3 is 2.31 bits per heavy atom. The number of nitrogens with zero attached hydrogens (tertiary/aromatic N) is 2. The van der Waals surface area contributed by atoms with Gasteiger partial charge in [-0.05, 0) is 62.4 Å². The first kappa shape index (κ1) is 19.6. The maximum Gasteiger partial charge on any atom is 0.256 e. The van der Waals surface area contributed by atoms with Crippen LogP contribution in [0.3, 0.4) is 0 Å². The van der Waals surface area contributed by atoms with E-state index in [0.29, 0.717) is 24.0 Å². The Hall–Kier alpha value is -2.73. The number of piperidine rings is 1. The molecule has 0 atom stereocenters. The van der Waals surface area contributed by atoms with Crippen molar-refractivity contribution in [3.05, 3.63) is 65.4 Å². The number of likely N-dealkylation sites (tertiary alicyclic amines) is 1. The number of carbonyl (C=O) groups is 1. The van der Waals surface area contributed by atoms with Gasteiger partial charge in [-0.2, -0.15) is 0 Å². The van der Waals surface area contributed by atoms with Gasteiger partial charge in [0.05, 0.1) is 20.9 Å². The molecule has 4 rings (SSSR count). The molecule has 150 valence electrons. The third kappa shape index (κ3) is 3.65. The average molecular weight is 409 g/mol. The highest BCUT2D eigenvalue weighted by Crippen LogP contribution is 2.32. The summed E-state index contributed by atoms with van der Waals surface area (Å²) in [5.74, 6) is -0.258. The predicted molar refractivity (Wildman–Crippen MR) is 113 cm³/mol. The maximum absolute atomic E-state index is 13.8. The van der Waals surface area contributed by atoms with Crippen LogP contribution in [0.15, 0.2) is 58.5 Å². The highest BCUT2D eigenvalue weighted by atomic mass is 32.2. The number of amides is 1. The molecule has 29 heavy (non-hydrogen) atoms. The third-order valence-electron chi connectivity index (χ3n) is 5.37. The fourth-order valence-corrected chi connectivity index (χ4v) is 5.84. The van der Waals surface area contributed by atoms with E-state index in [1.165, 1.54) is 6.20 Å². The molecular weight excluding hydrogens is 384 g/mol. The molecule has 0 radical (unpaired) electrons. The van der Waals surface area contributed by atoms with Crippen LogP contribution in [0.4, 0.5) is 0 Å². The summed E-state index contributed by atoms with van der Waals surface area (Å²) in [5.41, 5.74) is 2.45. The van der Waals surface area contributed by atoms with Gasteiger partial charge in [0, 0.05) is 24.7 Å². The molecule has 2 heterocycles. The Balaban J connectivity index is 1.97. The Bertz CT molecular complexity index is 1180. The standard InChI is InChI=1S/C23H24N2O3S/c1-16-12-17(2)14-18(13-16)29(27,28)22-19-8-4-5-9-21(19)24-15-20(22)23(26)25-10-6-3-7-11-25/h4-5,8-9,12-15H,3,6-7,10-11H2,1-2H3. The minimum absolute atomic E-state index is 0.0590. The summed E-state index contributed by atoms with van der Waals surface area (Å²) in [6, 6.07) is 12.3. The third-order valence-corrected chi connectivity index (χ3v) is 7.21. The van der Waals surface area contributed by atoms with E-state index in [2.05, 4.69) is 4.98 Å². The van der Waals surface area contributed by atoms with Gasteiger partial charge in [0.2, 0.25) is 9.84 Å². The summed E-state index contributed by atoms with van der Waals surface area (Å²) in [4.78, 5) is 19.7. The number of hydrogen-bond donors (Lipinski definition) is 0. The van der Waals surface area contributed by atoms with Gasteiger partial charge < -0.3 is 4.90 Å². The summed E-state index contributed by atoms with van der Waals surface area (Å²) < 4.78 is 27.5. The van der Waals surface area contributed by atoms with E-state index >= 15 is 0 Å². The zero-order valence-electron chi connectivity index (χ0n) is 16.7. The van der Waals surface area contributed by atoms with Crippen molar-refractivity contribution in [2.45, 2.75) is 42.9 Å². The number of sulfone groups is 1. The van der Waals surface area contributed by atoms with Gasteiger partial charge in [0.25, 0.3) is 5.91 Å². The Labute approximate surface area is 171 Å². The minimum Gasteiger partial charge on any atom is -0.339 e. The van der Waals surface area contributed by atoms with Crippen LogP contribution in [-0.2, 0) is 9.84 Å². The summed E-state index contributed by atoms with van der Waals surface area (Å²) in [6.07, 6.45) is 4.39. The van der Waals surface area contributed by atoms with Gasteiger partial charge in [-0.25, -0.2) is 8.42 Å². The van der Waals surface area contributed by atoms with Crippen LogP contribution in [0, 0.1) is 13.8 Å². The summed E-state index contributed by atoms with van der Waals surface area (Å²) in [5, 5.41) is 0.481. The molecular formula is C23H24N2O3S. The normalized spacial score (nSPS) is 14.9. The number of aromatic nitrogens is 1. The molecule has 0 saturated carbocycles. The quantitative estimate of drug-likeness (QED) is 0.648. The zero-order valence-corrected chi connectivity index (χ0v) is 17.5. The zero-order chi connectivity index (χ0) is 20.6. The van der Waals surface area contributed by atoms with Gasteiger partial charge in [0.1, 0.15) is 0 Å².